The average Bonchev–Trinajstić information content (AvgIpc) is 2.69. The topological polar surface area (TPSA) is 68.0 Å². The highest BCUT2D eigenvalue weighted by Crippen LogP contribution is 2.20. The molecule has 0 aliphatic rings. The number of hydrogen-bond donors (Lipinski definition) is 2. The number of nitrogens with one attached hydrogen (secondary N) is 1. The summed E-state index contributed by atoms with van der Waals surface area (Å²) in [7, 11) is 0. The molecule has 0 aliphatic heterocycles. The van der Waals surface area contributed by atoms with Crippen molar-refractivity contribution in [1.29, 1.82) is 0 Å². The molecule has 0 atom stereocenters. The van der Waals surface area contributed by atoms with Crippen LogP contribution >= 0.6 is 22.9 Å². The van der Waals surface area contributed by atoms with Crippen molar-refractivity contribution in [2.24, 2.45) is 0 Å². The van der Waals surface area contributed by atoms with Crippen LogP contribution in [0.4, 0.5) is 15.2 Å². The van der Waals surface area contributed by atoms with Gasteiger partial charge in [0.05, 0.1) is 17.8 Å². The fourth-order valence-corrected chi connectivity index (χ4v) is 2.09. The molecular weight excluding hydrogens is 277 g/mol. The van der Waals surface area contributed by atoms with Crippen LogP contribution in [0.15, 0.2) is 23.6 Å². The van der Waals surface area contributed by atoms with Crippen LogP contribution in [0.2, 0.25) is 5.02 Å². The molecule has 94 valence electrons. The van der Waals surface area contributed by atoms with Crippen LogP contribution < -0.4 is 11.1 Å². The summed E-state index contributed by atoms with van der Waals surface area (Å²) in [5.41, 5.74) is 6.05. The number of carbonyl (C=O) groups excluding carboxylic acids is 1. The lowest BCUT2D eigenvalue weighted by Gasteiger charge is -2.05. The van der Waals surface area contributed by atoms with E-state index in [1.807, 2.05) is 0 Å². The summed E-state index contributed by atoms with van der Waals surface area (Å²) in [4.78, 5) is 15.6. The Labute approximate surface area is 112 Å². The first kappa shape index (κ1) is 12.8. The highest BCUT2D eigenvalue weighted by Gasteiger charge is 2.10. The Kier molecular flexibility index (Phi) is 3.78. The van der Waals surface area contributed by atoms with Gasteiger partial charge in [0.15, 0.2) is 5.13 Å². The SMILES string of the molecule is Nc1nc(CC(=O)Nc2cc(Cl)ccc2F)cs1. The van der Waals surface area contributed by atoms with E-state index in [0.717, 1.165) is 0 Å². The van der Waals surface area contributed by atoms with Gasteiger partial charge in [-0.15, -0.1) is 11.3 Å². The summed E-state index contributed by atoms with van der Waals surface area (Å²) >= 11 is 6.97. The second-order valence-corrected chi connectivity index (χ2v) is 4.85. The molecule has 0 fully saturated rings. The zero-order valence-corrected chi connectivity index (χ0v) is 10.7. The molecule has 1 amide bonds. The number of halogens is 2. The van der Waals surface area contributed by atoms with Gasteiger partial charge in [-0.05, 0) is 18.2 Å². The lowest BCUT2D eigenvalue weighted by molar-refractivity contribution is -0.115. The van der Waals surface area contributed by atoms with E-state index in [4.69, 9.17) is 17.3 Å². The first-order valence-corrected chi connectivity index (χ1v) is 6.25. The van der Waals surface area contributed by atoms with Crippen molar-refractivity contribution in [1.82, 2.24) is 4.98 Å². The summed E-state index contributed by atoms with van der Waals surface area (Å²) in [5.74, 6) is -0.910. The molecule has 1 heterocycles. The number of thiazole rings is 1. The van der Waals surface area contributed by atoms with Crippen LogP contribution in [0.1, 0.15) is 5.69 Å². The molecule has 0 spiro atoms. The molecular formula is C11H9ClFN3OS. The molecule has 0 unspecified atom stereocenters. The summed E-state index contributed by atoms with van der Waals surface area (Å²) in [6, 6.07) is 3.96. The maximum atomic E-state index is 13.4. The summed E-state index contributed by atoms with van der Waals surface area (Å²) < 4.78 is 13.4. The van der Waals surface area contributed by atoms with Crippen molar-refractivity contribution in [2.75, 3.05) is 11.1 Å². The zero-order valence-electron chi connectivity index (χ0n) is 9.11. The van der Waals surface area contributed by atoms with Crippen molar-refractivity contribution in [3.63, 3.8) is 0 Å². The second-order valence-electron chi connectivity index (χ2n) is 3.53. The van der Waals surface area contributed by atoms with Crippen LogP contribution in [0.25, 0.3) is 0 Å². The highest BCUT2D eigenvalue weighted by molar-refractivity contribution is 7.13. The lowest BCUT2D eigenvalue weighted by atomic mass is 10.2. The minimum Gasteiger partial charge on any atom is -0.375 e. The summed E-state index contributed by atoms with van der Waals surface area (Å²) in [6.07, 6.45) is 0.0413. The normalized spacial score (nSPS) is 10.3. The molecule has 0 radical (unpaired) electrons. The van der Waals surface area contributed by atoms with Crippen LogP contribution in [0.5, 0.6) is 0 Å². The number of benzene rings is 1. The Morgan fingerprint density at radius 2 is 2.33 bits per heavy atom. The fourth-order valence-electron chi connectivity index (χ4n) is 1.36. The van der Waals surface area contributed by atoms with Gasteiger partial charge in [0.1, 0.15) is 5.82 Å². The van der Waals surface area contributed by atoms with Crippen LogP contribution in [-0.4, -0.2) is 10.9 Å². The molecule has 0 aliphatic carbocycles. The molecule has 1 aromatic heterocycles. The van der Waals surface area contributed by atoms with E-state index in [9.17, 15) is 9.18 Å². The number of nitrogens with two attached hydrogens (primary N) is 1. The first-order chi connectivity index (χ1) is 8.54. The molecule has 1 aromatic carbocycles. The first-order valence-electron chi connectivity index (χ1n) is 4.99. The third-order valence-electron chi connectivity index (χ3n) is 2.11. The maximum Gasteiger partial charge on any atom is 0.230 e. The van der Waals surface area contributed by atoms with Gasteiger partial charge in [-0.1, -0.05) is 11.6 Å². The minimum absolute atomic E-state index is 0.0413. The van der Waals surface area contributed by atoms with Crippen LogP contribution in [0, 0.1) is 5.82 Å². The predicted molar refractivity (Wildman–Crippen MR) is 70.3 cm³/mol. The predicted octanol–water partition coefficient (Wildman–Crippen LogP) is 2.70. The number of nitrogen functional groups attached to an aromatic ring is 1. The minimum atomic E-state index is -0.537. The van der Waals surface area contributed by atoms with Gasteiger partial charge in [0.25, 0.3) is 0 Å². The largest absolute Gasteiger partial charge is 0.375 e. The Morgan fingerprint density at radius 3 is 3.00 bits per heavy atom. The number of carbonyl (C=O) groups is 1. The van der Waals surface area contributed by atoms with Crippen molar-refractivity contribution in [3.05, 3.63) is 40.1 Å². The van der Waals surface area contributed by atoms with E-state index in [0.29, 0.717) is 15.8 Å². The van der Waals surface area contributed by atoms with Crippen molar-refractivity contribution >= 4 is 39.7 Å². The summed E-state index contributed by atoms with van der Waals surface area (Å²) in [6.45, 7) is 0. The van der Waals surface area contributed by atoms with Crippen LogP contribution in [0.3, 0.4) is 0 Å². The Balaban J connectivity index is 2.05. The van der Waals surface area contributed by atoms with E-state index in [1.54, 1.807) is 5.38 Å². The number of hydrogen-bond acceptors (Lipinski definition) is 4. The number of aromatic nitrogens is 1. The van der Waals surface area contributed by atoms with E-state index in [1.165, 1.54) is 29.5 Å². The Hall–Kier alpha value is -1.66. The molecule has 2 rings (SSSR count). The molecule has 7 heteroatoms. The number of anilines is 2. The highest BCUT2D eigenvalue weighted by atomic mass is 35.5. The van der Waals surface area contributed by atoms with Crippen molar-refractivity contribution in [3.8, 4) is 0 Å². The maximum absolute atomic E-state index is 13.4. The quantitative estimate of drug-likeness (QED) is 0.911. The number of rotatable bonds is 3. The van der Waals surface area contributed by atoms with Gasteiger partial charge >= 0.3 is 0 Å². The number of nitrogens with zero attached hydrogens (tertiary/aromatic N) is 1. The monoisotopic (exact) mass is 285 g/mol. The smallest absolute Gasteiger partial charge is 0.230 e. The Bertz CT molecular complexity index is 587. The fraction of sp³-hybridized carbons (Fsp3) is 0.0909. The second kappa shape index (κ2) is 5.32. The van der Waals surface area contributed by atoms with Crippen molar-refractivity contribution < 1.29 is 9.18 Å². The molecule has 0 bridgehead atoms. The Morgan fingerprint density at radius 1 is 1.56 bits per heavy atom. The van der Waals surface area contributed by atoms with E-state index in [2.05, 4.69) is 10.3 Å². The van der Waals surface area contributed by atoms with Gasteiger partial charge in [-0.3, -0.25) is 4.79 Å². The standard InChI is InChI=1S/C11H9ClFN3OS/c12-6-1-2-8(13)9(3-6)16-10(17)4-7-5-18-11(14)15-7/h1-3,5H,4H2,(H2,14,15)(H,16,17). The van der Waals surface area contributed by atoms with E-state index < -0.39 is 5.82 Å². The molecule has 4 nitrogen and oxygen atoms in total. The van der Waals surface area contributed by atoms with Gasteiger partial charge in [-0.2, -0.15) is 0 Å². The molecule has 18 heavy (non-hydrogen) atoms. The average molecular weight is 286 g/mol. The molecule has 0 saturated heterocycles. The van der Waals surface area contributed by atoms with E-state index in [-0.39, 0.29) is 18.0 Å². The lowest BCUT2D eigenvalue weighted by Crippen LogP contribution is -2.15. The molecule has 2 aromatic rings. The summed E-state index contributed by atoms with van der Waals surface area (Å²) in [5, 5.41) is 4.86. The molecule has 0 saturated carbocycles. The van der Waals surface area contributed by atoms with Gasteiger partial charge in [0.2, 0.25) is 5.91 Å². The van der Waals surface area contributed by atoms with E-state index >= 15 is 0 Å². The molecule has 3 N–H and O–H groups in total. The van der Waals surface area contributed by atoms with Gasteiger partial charge < -0.3 is 11.1 Å². The van der Waals surface area contributed by atoms with Gasteiger partial charge in [0, 0.05) is 10.4 Å². The zero-order chi connectivity index (χ0) is 13.1. The number of amides is 1. The third kappa shape index (κ3) is 3.18. The van der Waals surface area contributed by atoms with Gasteiger partial charge in [-0.25, -0.2) is 9.37 Å². The van der Waals surface area contributed by atoms with Crippen molar-refractivity contribution in [2.45, 2.75) is 6.42 Å². The van der Waals surface area contributed by atoms with Crippen LogP contribution in [-0.2, 0) is 11.2 Å². The third-order valence-corrected chi connectivity index (χ3v) is 3.07.